The molecule has 4 nitrogen and oxygen atoms in total. The van der Waals surface area contributed by atoms with E-state index in [2.05, 4.69) is 29.7 Å². The largest absolute Gasteiger partial charge is 0.394 e. The van der Waals surface area contributed by atoms with Crippen molar-refractivity contribution >= 4 is 6.03 Å². The fourth-order valence-corrected chi connectivity index (χ4v) is 2.65. The first-order chi connectivity index (χ1) is 9.15. The molecule has 0 spiro atoms. The molecular formula is C15H22N2O2. The number of carbonyl (C=O) groups is 1. The van der Waals surface area contributed by atoms with Gasteiger partial charge in [0, 0.05) is 0 Å². The normalized spacial score (nSPS) is 18.8. The minimum Gasteiger partial charge on any atom is -0.394 e. The molecule has 0 saturated carbocycles. The number of carbonyl (C=O) groups excluding carboxylic acids is 1. The first kappa shape index (κ1) is 13.9. The highest BCUT2D eigenvalue weighted by molar-refractivity contribution is 5.75. The van der Waals surface area contributed by atoms with Gasteiger partial charge in [0.25, 0.3) is 0 Å². The Kier molecular flexibility index (Phi) is 4.43. The van der Waals surface area contributed by atoms with Crippen LogP contribution in [0.5, 0.6) is 0 Å². The van der Waals surface area contributed by atoms with Crippen molar-refractivity contribution in [2.75, 3.05) is 6.61 Å². The Morgan fingerprint density at radius 1 is 1.53 bits per heavy atom. The van der Waals surface area contributed by atoms with Gasteiger partial charge in [-0.25, -0.2) is 4.79 Å². The van der Waals surface area contributed by atoms with Crippen molar-refractivity contribution in [3.63, 3.8) is 0 Å². The molecule has 3 N–H and O–H groups in total. The summed E-state index contributed by atoms with van der Waals surface area (Å²) in [5.41, 5.74) is 3.89. The third-order valence-corrected chi connectivity index (χ3v) is 3.86. The van der Waals surface area contributed by atoms with Gasteiger partial charge in [0.2, 0.25) is 0 Å². The summed E-state index contributed by atoms with van der Waals surface area (Å²) >= 11 is 0. The van der Waals surface area contributed by atoms with E-state index in [1.165, 1.54) is 16.7 Å². The minimum absolute atomic E-state index is 0.0235. The molecule has 4 heteroatoms. The first-order valence-electron chi connectivity index (χ1n) is 6.92. The van der Waals surface area contributed by atoms with Crippen molar-refractivity contribution < 1.29 is 9.90 Å². The maximum Gasteiger partial charge on any atom is 0.315 e. The lowest BCUT2D eigenvalue weighted by Gasteiger charge is -2.19. The van der Waals surface area contributed by atoms with Gasteiger partial charge in [-0.05, 0) is 42.9 Å². The minimum atomic E-state index is -0.194. The van der Waals surface area contributed by atoms with Crippen LogP contribution in [0.2, 0.25) is 0 Å². The van der Waals surface area contributed by atoms with Crippen LogP contribution in [0.3, 0.4) is 0 Å². The highest BCUT2D eigenvalue weighted by Gasteiger charge is 2.25. The standard InChI is InChI=1S/C15H22N2O2/c1-3-11(9-18)16-15(19)17-14-8-7-12-10(2)5-4-6-13(12)14/h4-6,11,14,18H,3,7-9H2,1-2H3,(H2,16,17,19)/t11-,14-/m0/s1. The Morgan fingerprint density at radius 3 is 3.00 bits per heavy atom. The molecule has 0 aromatic heterocycles. The van der Waals surface area contributed by atoms with Crippen molar-refractivity contribution in [1.29, 1.82) is 0 Å². The number of aliphatic hydroxyl groups is 1. The number of rotatable bonds is 4. The average Bonchev–Trinajstić information content (AvgIpc) is 2.81. The van der Waals surface area contributed by atoms with E-state index in [4.69, 9.17) is 5.11 Å². The van der Waals surface area contributed by atoms with Gasteiger partial charge in [-0.2, -0.15) is 0 Å². The summed E-state index contributed by atoms with van der Waals surface area (Å²) in [6.45, 7) is 4.03. The molecule has 0 saturated heterocycles. The smallest absolute Gasteiger partial charge is 0.315 e. The van der Waals surface area contributed by atoms with E-state index < -0.39 is 0 Å². The SMILES string of the molecule is CC[C@@H](CO)NC(=O)N[C@H]1CCc2c(C)cccc21. The Balaban J connectivity index is 1.99. The number of aryl methyl sites for hydroxylation is 1. The molecule has 0 bridgehead atoms. The molecule has 0 heterocycles. The number of hydrogen-bond acceptors (Lipinski definition) is 2. The topological polar surface area (TPSA) is 61.4 Å². The predicted octanol–water partition coefficient (Wildman–Crippen LogP) is 2.05. The van der Waals surface area contributed by atoms with Crippen LogP contribution in [0, 0.1) is 6.92 Å². The molecule has 2 atom stereocenters. The van der Waals surface area contributed by atoms with Crippen LogP contribution in [0.25, 0.3) is 0 Å². The van der Waals surface area contributed by atoms with Crippen LogP contribution in [0.1, 0.15) is 42.5 Å². The maximum atomic E-state index is 11.9. The van der Waals surface area contributed by atoms with Gasteiger partial charge >= 0.3 is 6.03 Å². The van der Waals surface area contributed by atoms with Crippen molar-refractivity contribution in [3.8, 4) is 0 Å². The third-order valence-electron chi connectivity index (χ3n) is 3.86. The highest BCUT2D eigenvalue weighted by atomic mass is 16.3. The molecule has 0 radical (unpaired) electrons. The second kappa shape index (κ2) is 6.06. The van der Waals surface area contributed by atoms with Gasteiger partial charge < -0.3 is 15.7 Å². The van der Waals surface area contributed by atoms with Crippen LogP contribution < -0.4 is 10.6 Å². The number of hydrogen-bond donors (Lipinski definition) is 3. The van der Waals surface area contributed by atoms with E-state index in [0.717, 1.165) is 19.3 Å². The van der Waals surface area contributed by atoms with E-state index in [1.807, 2.05) is 13.0 Å². The second-order valence-corrected chi connectivity index (χ2v) is 5.14. The average molecular weight is 262 g/mol. The molecule has 0 fully saturated rings. The summed E-state index contributed by atoms with van der Waals surface area (Å²) in [6, 6.07) is 5.96. The van der Waals surface area contributed by atoms with E-state index >= 15 is 0 Å². The number of urea groups is 1. The lowest BCUT2D eigenvalue weighted by Crippen LogP contribution is -2.44. The van der Waals surface area contributed by atoms with Crippen molar-refractivity contribution in [3.05, 3.63) is 34.9 Å². The monoisotopic (exact) mass is 262 g/mol. The Bertz CT molecular complexity index is 455. The number of aliphatic hydroxyl groups excluding tert-OH is 1. The molecule has 2 rings (SSSR count). The lowest BCUT2D eigenvalue weighted by molar-refractivity contribution is 0.212. The van der Waals surface area contributed by atoms with Gasteiger partial charge in [-0.1, -0.05) is 25.1 Å². The lowest BCUT2D eigenvalue weighted by atomic mass is 10.0. The summed E-state index contributed by atoms with van der Waals surface area (Å²) in [5, 5.41) is 14.9. The summed E-state index contributed by atoms with van der Waals surface area (Å²) in [6.07, 6.45) is 2.69. The molecule has 1 aromatic carbocycles. The van der Waals surface area contributed by atoms with Crippen molar-refractivity contribution in [1.82, 2.24) is 10.6 Å². The fourth-order valence-electron chi connectivity index (χ4n) is 2.65. The maximum absolute atomic E-state index is 11.9. The summed E-state index contributed by atoms with van der Waals surface area (Å²) in [4.78, 5) is 11.9. The van der Waals surface area contributed by atoms with Crippen LogP contribution in [-0.4, -0.2) is 23.8 Å². The Morgan fingerprint density at radius 2 is 2.32 bits per heavy atom. The van der Waals surface area contributed by atoms with Gasteiger partial charge in [0.1, 0.15) is 0 Å². The number of amides is 2. The molecule has 19 heavy (non-hydrogen) atoms. The molecule has 1 aliphatic carbocycles. The molecule has 1 aliphatic rings. The second-order valence-electron chi connectivity index (χ2n) is 5.14. The molecule has 104 valence electrons. The quantitative estimate of drug-likeness (QED) is 0.777. The van der Waals surface area contributed by atoms with Gasteiger partial charge in [-0.3, -0.25) is 0 Å². The van der Waals surface area contributed by atoms with Crippen molar-refractivity contribution in [2.24, 2.45) is 0 Å². The van der Waals surface area contributed by atoms with E-state index in [1.54, 1.807) is 0 Å². The summed E-state index contributed by atoms with van der Waals surface area (Å²) < 4.78 is 0. The van der Waals surface area contributed by atoms with Crippen molar-refractivity contribution in [2.45, 2.75) is 45.2 Å². The first-order valence-corrected chi connectivity index (χ1v) is 6.92. The Hall–Kier alpha value is -1.55. The molecule has 0 aliphatic heterocycles. The van der Waals surface area contributed by atoms with Gasteiger partial charge in [0.05, 0.1) is 18.7 Å². The Labute approximate surface area is 114 Å². The van der Waals surface area contributed by atoms with Crippen LogP contribution in [0.4, 0.5) is 4.79 Å². The zero-order chi connectivity index (χ0) is 13.8. The summed E-state index contributed by atoms with van der Waals surface area (Å²) in [7, 11) is 0. The zero-order valence-electron chi connectivity index (χ0n) is 11.6. The molecule has 1 aromatic rings. The van der Waals surface area contributed by atoms with E-state index in [0.29, 0.717) is 0 Å². The third kappa shape index (κ3) is 3.07. The number of nitrogens with one attached hydrogen (secondary N) is 2. The number of fused-ring (bicyclic) bond motifs is 1. The predicted molar refractivity (Wildman–Crippen MR) is 75.1 cm³/mol. The van der Waals surface area contributed by atoms with E-state index in [9.17, 15) is 4.79 Å². The molecular weight excluding hydrogens is 240 g/mol. The van der Waals surface area contributed by atoms with Crippen LogP contribution in [0.15, 0.2) is 18.2 Å². The fraction of sp³-hybridized carbons (Fsp3) is 0.533. The number of benzene rings is 1. The molecule has 0 unspecified atom stereocenters. The zero-order valence-corrected chi connectivity index (χ0v) is 11.6. The molecule has 2 amide bonds. The van der Waals surface area contributed by atoms with Crippen LogP contribution >= 0.6 is 0 Å². The van der Waals surface area contributed by atoms with Gasteiger partial charge in [-0.15, -0.1) is 0 Å². The van der Waals surface area contributed by atoms with Gasteiger partial charge in [0.15, 0.2) is 0 Å². The highest BCUT2D eigenvalue weighted by Crippen LogP contribution is 2.32. The summed E-state index contributed by atoms with van der Waals surface area (Å²) in [5.74, 6) is 0. The van der Waals surface area contributed by atoms with Crippen LogP contribution in [-0.2, 0) is 6.42 Å². The van der Waals surface area contributed by atoms with E-state index in [-0.39, 0.29) is 24.7 Å².